The minimum Gasteiger partial charge on any atom is -0.484 e. The largest absolute Gasteiger partial charge is 0.484 e. The van der Waals surface area contributed by atoms with E-state index in [2.05, 4.69) is 0 Å². The summed E-state index contributed by atoms with van der Waals surface area (Å²) in [6.07, 6.45) is 0.213. The fourth-order valence-corrected chi connectivity index (χ4v) is 2.32. The lowest BCUT2D eigenvalue weighted by Gasteiger charge is -2.12. The van der Waals surface area contributed by atoms with Crippen molar-refractivity contribution in [3.05, 3.63) is 64.4 Å². The molecule has 0 spiro atoms. The average molecular weight is 323 g/mol. The molecule has 0 aliphatic rings. The van der Waals surface area contributed by atoms with E-state index in [0.29, 0.717) is 5.56 Å². The van der Waals surface area contributed by atoms with Gasteiger partial charge in [-0.1, -0.05) is 48.9 Å². The number of rotatable bonds is 6. The van der Waals surface area contributed by atoms with Crippen LogP contribution in [0.5, 0.6) is 5.75 Å². The van der Waals surface area contributed by atoms with Crippen LogP contribution in [0.25, 0.3) is 0 Å². The Labute approximate surface area is 133 Å². The molecule has 0 aliphatic heterocycles. The molecule has 0 heterocycles. The molecule has 1 N–H and O–H groups in total. The number of carbonyl (C=O) groups is 1. The topological polar surface area (TPSA) is 46.5 Å². The van der Waals surface area contributed by atoms with Gasteiger partial charge in [-0.2, -0.15) is 0 Å². The minimum absolute atomic E-state index is 0.0164. The van der Waals surface area contributed by atoms with E-state index < -0.39 is 17.7 Å². The second-order valence-corrected chi connectivity index (χ2v) is 5.51. The normalized spacial score (nSPS) is 12.0. The maximum Gasteiger partial charge on any atom is 0.306 e. The molecule has 116 valence electrons. The van der Waals surface area contributed by atoms with Crippen LogP contribution in [-0.4, -0.2) is 11.1 Å². The van der Waals surface area contributed by atoms with Crippen molar-refractivity contribution in [3.63, 3.8) is 0 Å². The maximum absolute atomic E-state index is 14.1. The predicted octanol–water partition coefficient (Wildman–Crippen LogP) is 4.32. The summed E-state index contributed by atoms with van der Waals surface area (Å²) in [6.45, 7) is 1.77. The van der Waals surface area contributed by atoms with Crippen molar-refractivity contribution in [2.24, 2.45) is 5.92 Å². The van der Waals surface area contributed by atoms with Crippen molar-refractivity contribution < 1.29 is 19.0 Å². The molecule has 0 fully saturated rings. The Balaban J connectivity index is 2.11. The molecule has 0 bridgehead atoms. The van der Waals surface area contributed by atoms with Crippen LogP contribution in [-0.2, 0) is 17.8 Å². The fourth-order valence-electron chi connectivity index (χ4n) is 2.04. The summed E-state index contributed by atoms with van der Waals surface area (Å²) in [4.78, 5) is 10.8. The van der Waals surface area contributed by atoms with Gasteiger partial charge < -0.3 is 9.84 Å². The number of hydrogen-bond donors (Lipinski definition) is 1. The number of ether oxygens (including phenoxy) is 1. The van der Waals surface area contributed by atoms with Gasteiger partial charge in [0.1, 0.15) is 6.61 Å². The summed E-state index contributed by atoms with van der Waals surface area (Å²) >= 11 is 6.05. The van der Waals surface area contributed by atoms with Gasteiger partial charge in [-0.05, 0) is 29.7 Å². The van der Waals surface area contributed by atoms with Gasteiger partial charge in [-0.25, -0.2) is 4.39 Å². The highest BCUT2D eigenvalue weighted by atomic mass is 35.5. The molecule has 0 saturated heterocycles. The Morgan fingerprint density at radius 3 is 2.55 bits per heavy atom. The fraction of sp³-hybridized carbons (Fsp3) is 0.235. The van der Waals surface area contributed by atoms with Crippen LogP contribution < -0.4 is 4.74 Å². The standard InChI is InChI=1S/C17H16ClFO3/c1-11(17(20)21)7-13-8-14(18)16(15(19)9-13)22-10-12-5-3-2-4-6-12/h2-6,8-9,11H,7,10H2,1H3,(H,20,21). The van der Waals surface area contributed by atoms with E-state index in [4.69, 9.17) is 21.4 Å². The van der Waals surface area contributed by atoms with Gasteiger partial charge in [0.05, 0.1) is 10.9 Å². The van der Waals surface area contributed by atoms with E-state index in [9.17, 15) is 9.18 Å². The number of benzene rings is 2. The molecule has 0 aliphatic carbocycles. The van der Waals surface area contributed by atoms with Crippen LogP contribution in [0.2, 0.25) is 5.02 Å². The lowest BCUT2D eigenvalue weighted by Crippen LogP contribution is -2.12. The SMILES string of the molecule is CC(Cc1cc(F)c(OCc2ccccc2)c(Cl)c1)C(=O)O. The number of hydrogen-bond acceptors (Lipinski definition) is 2. The van der Waals surface area contributed by atoms with Crippen molar-refractivity contribution in [2.45, 2.75) is 20.0 Å². The van der Waals surface area contributed by atoms with Crippen molar-refractivity contribution in [3.8, 4) is 5.75 Å². The Kier molecular flexibility index (Phi) is 5.39. The van der Waals surface area contributed by atoms with Crippen LogP contribution in [0.1, 0.15) is 18.1 Å². The third-order valence-electron chi connectivity index (χ3n) is 3.25. The zero-order chi connectivity index (χ0) is 16.1. The number of carboxylic acids is 1. The Morgan fingerprint density at radius 2 is 1.95 bits per heavy atom. The molecule has 0 saturated carbocycles. The Bertz CT molecular complexity index is 635. The zero-order valence-corrected chi connectivity index (χ0v) is 12.8. The molecule has 1 unspecified atom stereocenters. The maximum atomic E-state index is 14.1. The first-order chi connectivity index (χ1) is 10.5. The van der Waals surface area contributed by atoms with Crippen molar-refractivity contribution in [1.82, 2.24) is 0 Å². The quantitative estimate of drug-likeness (QED) is 0.861. The summed E-state index contributed by atoms with van der Waals surface area (Å²) in [5.41, 5.74) is 1.44. The average Bonchev–Trinajstić information content (AvgIpc) is 2.47. The lowest BCUT2D eigenvalue weighted by molar-refractivity contribution is -0.141. The van der Waals surface area contributed by atoms with Crippen LogP contribution in [0.4, 0.5) is 4.39 Å². The van der Waals surface area contributed by atoms with E-state index >= 15 is 0 Å². The highest BCUT2D eigenvalue weighted by molar-refractivity contribution is 6.32. The van der Waals surface area contributed by atoms with E-state index in [0.717, 1.165) is 5.56 Å². The number of halogens is 2. The van der Waals surface area contributed by atoms with Crippen LogP contribution in [0, 0.1) is 11.7 Å². The van der Waals surface area contributed by atoms with Gasteiger partial charge in [-0.3, -0.25) is 4.79 Å². The number of carboxylic acid groups (broad SMARTS) is 1. The monoisotopic (exact) mass is 322 g/mol. The van der Waals surface area contributed by atoms with Gasteiger partial charge in [0.25, 0.3) is 0 Å². The molecule has 0 aromatic heterocycles. The van der Waals surface area contributed by atoms with Gasteiger partial charge >= 0.3 is 5.97 Å². The van der Waals surface area contributed by atoms with Gasteiger partial charge in [0.2, 0.25) is 0 Å². The highest BCUT2D eigenvalue weighted by Crippen LogP contribution is 2.31. The van der Waals surface area contributed by atoms with E-state index in [-0.39, 0.29) is 23.8 Å². The molecule has 0 amide bonds. The number of aliphatic carboxylic acids is 1. The molecular formula is C17H16ClFO3. The summed E-state index contributed by atoms with van der Waals surface area (Å²) in [5, 5.41) is 9.04. The highest BCUT2D eigenvalue weighted by Gasteiger charge is 2.16. The van der Waals surface area contributed by atoms with Crippen molar-refractivity contribution >= 4 is 17.6 Å². The van der Waals surface area contributed by atoms with E-state index in [1.165, 1.54) is 6.07 Å². The third kappa shape index (κ3) is 4.21. The molecular weight excluding hydrogens is 307 g/mol. The second-order valence-electron chi connectivity index (χ2n) is 5.11. The van der Waals surface area contributed by atoms with Gasteiger partial charge in [-0.15, -0.1) is 0 Å². The molecule has 5 heteroatoms. The van der Waals surface area contributed by atoms with Crippen LogP contribution >= 0.6 is 11.6 Å². The second kappa shape index (κ2) is 7.27. The van der Waals surface area contributed by atoms with Crippen LogP contribution in [0.3, 0.4) is 0 Å². The molecule has 2 aromatic carbocycles. The summed E-state index contributed by atoms with van der Waals surface area (Å²) in [7, 11) is 0. The minimum atomic E-state index is -0.930. The lowest BCUT2D eigenvalue weighted by atomic mass is 10.0. The molecule has 2 rings (SSSR count). The van der Waals surface area contributed by atoms with E-state index in [1.807, 2.05) is 30.3 Å². The zero-order valence-electron chi connectivity index (χ0n) is 12.1. The Hall–Kier alpha value is -2.07. The molecule has 0 radical (unpaired) electrons. The summed E-state index contributed by atoms with van der Waals surface area (Å²) in [5.74, 6) is -2.14. The predicted molar refractivity (Wildman–Crippen MR) is 82.7 cm³/mol. The van der Waals surface area contributed by atoms with Gasteiger partial charge in [0.15, 0.2) is 11.6 Å². The summed E-state index contributed by atoms with van der Waals surface area (Å²) in [6, 6.07) is 12.2. The molecule has 3 nitrogen and oxygen atoms in total. The van der Waals surface area contributed by atoms with Gasteiger partial charge in [0, 0.05) is 0 Å². The van der Waals surface area contributed by atoms with Crippen molar-refractivity contribution in [1.29, 1.82) is 0 Å². The van der Waals surface area contributed by atoms with Crippen molar-refractivity contribution in [2.75, 3.05) is 0 Å². The third-order valence-corrected chi connectivity index (χ3v) is 3.53. The smallest absolute Gasteiger partial charge is 0.306 e. The first-order valence-electron chi connectivity index (χ1n) is 6.85. The summed E-state index contributed by atoms with van der Waals surface area (Å²) < 4.78 is 19.5. The molecule has 2 aromatic rings. The Morgan fingerprint density at radius 1 is 1.27 bits per heavy atom. The van der Waals surface area contributed by atoms with Crippen LogP contribution in [0.15, 0.2) is 42.5 Å². The molecule has 22 heavy (non-hydrogen) atoms. The first-order valence-corrected chi connectivity index (χ1v) is 7.22. The van der Waals surface area contributed by atoms with E-state index in [1.54, 1.807) is 13.0 Å². The first kappa shape index (κ1) is 16.3. The molecule has 1 atom stereocenters.